The Kier molecular flexibility index (Phi) is 34.2. The lowest BCUT2D eigenvalue weighted by molar-refractivity contribution is -0.387. The zero-order valence-electron chi connectivity index (χ0n) is 64.5. The number of anilines is 1. The van der Waals surface area contributed by atoms with Gasteiger partial charge < -0.3 is 72.8 Å². The van der Waals surface area contributed by atoms with Crippen molar-refractivity contribution in [2.24, 2.45) is 0 Å². The van der Waals surface area contributed by atoms with Crippen LogP contribution in [0.4, 0.5) is 28.4 Å². The number of nitro groups is 4. The van der Waals surface area contributed by atoms with Crippen LogP contribution in [0.5, 0.6) is 74.9 Å². The first-order valence-electron chi connectivity index (χ1n) is 37.9. The number of benzene rings is 7. The van der Waals surface area contributed by atoms with Crippen molar-refractivity contribution in [1.29, 1.82) is 0 Å². The van der Waals surface area contributed by atoms with Crippen molar-refractivity contribution in [3.8, 4) is 92.0 Å². The molecule has 6 fully saturated rings. The number of alkyl halides is 3. The van der Waals surface area contributed by atoms with E-state index >= 15 is 0 Å². The van der Waals surface area contributed by atoms with E-state index in [0.717, 1.165) is 144 Å². The van der Waals surface area contributed by atoms with E-state index < -0.39 is 48.3 Å². The van der Waals surface area contributed by atoms with Crippen LogP contribution in [-0.4, -0.2) is 122 Å². The van der Waals surface area contributed by atoms with E-state index in [1.54, 1.807) is 42.5 Å². The van der Waals surface area contributed by atoms with E-state index in [4.69, 9.17) is 114 Å². The Morgan fingerprint density at radius 3 is 1.23 bits per heavy atom. The third-order valence-corrected chi connectivity index (χ3v) is 17.8. The van der Waals surface area contributed by atoms with Crippen molar-refractivity contribution in [3.63, 3.8) is 0 Å². The highest BCUT2D eigenvalue weighted by Gasteiger charge is 2.36. The zero-order chi connectivity index (χ0) is 84.8. The lowest BCUT2D eigenvalue weighted by Gasteiger charge is -2.20. The Labute approximate surface area is 698 Å². The molecule has 0 atom stereocenters. The summed E-state index contributed by atoms with van der Waals surface area (Å²) in [4.78, 5) is 59.2. The second-order valence-electron chi connectivity index (χ2n) is 26.8. The topological polar surface area (TPSA) is 425 Å². The van der Waals surface area contributed by atoms with Crippen LogP contribution in [0.2, 0.25) is 5.02 Å². The Morgan fingerprint density at radius 1 is 0.500 bits per heavy atom. The molecule has 6 aliphatic carbocycles. The van der Waals surface area contributed by atoms with Crippen LogP contribution < -0.4 is 58.7 Å². The highest BCUT2D eigenvalue weighted by Crippen LogP contribution is 2.45. The van der Waals surface area contributed by atoms with Crippen LogP contribution in [0.1, 0.15) is 127 Å². The number of hydrogen-bond donors (Lipinski definition) is 4. The number of rotatable bonds is 34. The molecule has 0 radical (unpaired) electrons. The Hall–Kier alpha value is -12.0. The van der Waals surface area contributed by atoms with Crippen LogP contribution in [0.15, 0.2) is 168 Å². The summed E-state index contributed by atoms with van der Waals surface area (Å²) in [6, 6.07) is 36.3. The first-order chi connectivity index (χ1) is 57.0. The van der Waals surface area contributed by atoms with E-state index in [9.17, 15) is 50.4 Å². The van der Waals surface area contributed by atoms with Crippen LogP contribution in [0.25, 0.3) is 17.1 Å². The molecule has 628 valence electrons. The molecule has 0 aliphatic heterocycles. The Bertz CT molecular complexity index is 4770. The van der Waals surface area contributed by atoms with Gasteiger partial charge in [-0.3, -0.25) is 49.8 Å². The molecule has 0 saturated heterocycles. The summed E-state index contributed by atoms with van der Waals surface area (Å²) in [5, 5.41) is 80.4. The number of ether oxygens (including phenoxy) is 10. The maximum Gasteiger partial charge on any atom is 0.353 e. The van der Waals surface area contributed by atoms with Crippen molar-refractivity contribution in [2.75, 3.05) is 36.6 Å². The number of nitrogen functional groups attached to an aromatic ring is 1. The van der Waals surface area contributed by atoms with Gasteiger partial charge in [0.2, 0.25) is 46.3 Å². The molecule has 36 heteroatoms. The maximum absolute atomic E-state index is 14.2. The third kappa shape index (κ3) is 27.6. The van der Waals surface area contributed by atoms with Crippen LogP contribution >= 0.6 is 46.4 Å². The van der Waals surface area contributed by atoms with Crippen LogP contribution in [-0.2, 0) is 12.8 Å². The Morgan fingerprint density at radius 2 is 0.856 bits per heavy atom. The quantitative estimate of drug-likeness (QED) is 0.00956. The number of nitrogens with two attached hydrogens (primary N) is 1. The fourth-order valence-corrected chi connectivity index (χ4v) is 10.6. The number of nitro benzene ring substituents is 4. The molecule has 5 N–H and O–H groups in total. The SMILES string of the molecule is C=COc1cccc(OC=C)c1[N+](=O)[O-].CCCCc1nc(O)c(-c2nnc(Cc3ccc(Cl)cc3)o2)c(=O)n1-c1c(OC2CC2)cccc1OC1CC1.CCCCl.Nc1c(OC2CC2)cccc1OC1CC1.O=[N+]([O-])c1c(O)cccc1O.O=[N+]([O-])c1c(OC2CC2)cccc1OC1CC1.O=[N+]([O-])c1c(OCCCl)cccc1OCCCl. The standard InChI is InChI=1S/C29H29ClN4O5.C12H13NO4.C12H15NO2.C10H11Cl2NO4.C10H9NO4.C6H5NO4.C3H7Cl/c1-2-3-7-23-31-27(35)25(28-33-32-24(39-28)16-17-8-10-18(30)11-9-17)29(36)34(23)26-21(37-19-12-13-19)5-4-6-22(26)38-20-14-15-20;14-13(15)12-10(16-8-4-5-8)2-1-3-11(12)17-9-6-7-9;13-12-10(14-8-4-5-8)2-1-3-11(12)15-9-6-7-9;11-4-6-16-8-2-1-3-9(17-7-5-12)10(8)13(14)15;1-3-14-8-6-5-7-9(15-4-2)10(8)11(12)13;8-4-2-1-3-5(9)6(4)7(10)11;1-2-3-4/h4-6,8-11,19-20,35H,2-3,7,12-16H2,1H3;1-3,8-9H,4-7H2;1-3,8-9H,4-7,13H2;1-3H,4-7H2;3-7H,1-2H2;1-3,8-9H;2-3H2,1H3. The number of aromatic hydroxyl groups is 3. The van der Waals surface area contributed by atoms with Gasteiger partial charge in [-0.2, -0.15) is 4.98 Å². The van der Waals surface area contributed by atoms with E-state index in [2.05, 4.69) is 35.3 Å². The first-order valence-corrected chi connectivity index (χ1v) is 39.9. The summed E-state index contributed by atoms with van der Waals surface area (Å²) < 4.78 is 62.4. The first kappa shape index (κ1) is 89.9. The normalized spacial score (nSPS) is 13.9. The van der Waals surface area contributed by atoms with Crippen molar-refractivity contribution in [3.05, 3.63) is 232 Å². The molecule has 0 spiro atoms. The number of hydrogen-bond acceptors (Lipinski definition) is 27. The summed E-state index contributed by atoms with van der Waals surface area (Å²) >= 11 is 22.1. The molecular weight excluding hydrogens is 1620 g/mol. The second-order valence-corrected chi connectivity index (χ2v) is 28.3. The number of aromatic nitrogens is 4. The molecule has 0 bridgehead atoms. The number of halogens is 4. The second kappa shape index (κ2) is 44.9. The minimum Gasteiger partial charge on any atom is -0.502 e. The monoisotopic (exact) mass is 1710 g/mol. The number of unbranched alkanes of at least 4 members (excludes halogenated alkanes) is 1. The Balaban J connectivity index is 0.000000171. The number of phenols is 2. The molecule has 118 heavy (non-hydrogen) atoms. The minimum absolute atomic E-state index is 0.0358. The number of nitrogens with zero attached hydrogens (tertiary/aromatic N) is 8. The van der Waals surface area contributed by atoms with Crippen LogP contribution in [0, 0.1) is 40.5 Å². The predicted octanol–water partition coefficient (Wildman–Crippen LogP) is 18.8. The number of phenolic OH excluding ortho intramolecular Hbond substituents is 2. The van der Waals surface area contributed by atoms with E-state index in [1.807, 2.05) is 55.5 Å². The van der Waals surface area contributed by atoms with Crippen molar-refractivity contribution in [1.82, 2.24) is 19.7 Å². The lowest BCUT2D eigenvalue weighted by atomic mass is 10.1. The van der Waals surface area contributed by atoms with Crippen LogP contribution in [0.3, 0.4) is 0 Å². The van der Waals surface area contributed by atoms with Crippen molar-refractivity contribution in [2.45, 2.75) is 160 Å². The molecular formula is C82H89Cl4N9O23. The molecule has 32 nitrogen and oxygen atoms in total. The van der Waals surface area contributed by atoms with E-state index in [0.29, 0.717) is 76.2 Å². The third-order valence-electron chi connectivity index (χ3n) is 16.8. The summed E-state index contributed by atoms with van der Waals surface area (Å²) in [5.74, 6) is 4.12. The minimum atomic E-state index is -0.843. The average Bonchev–Trinajstić information content (AvgIpc) is 1.39. The summed E-state index contributed by atoms with van der Waals surface area (Å²) in [6.45, 7) is 11.2. The number of para-hydroxylation sites is 6. The van der Waals surface area contributed by atoms with Gasteiger partial charge in [-0.05, 0) is 180 Å². The van der Waals surface area contributed by atoms with Gasteiger partial charge in [-0.1, -0.05) is 93.6 Å². The summed E-state index contributed by atoms with van der Waals surface area (Å²) in [5.41, 5.74) is 6.19. The molecule has 2 heterocycles. The average molecular weight is 1710 g/mol. The lowest BCUT2D eigenvalue weighted by Crippen LogP contribution is -2.27. The molecule has 0 unspecified atom stereocenters. The summed E-state index contributed by atoms with van der Waals surface area (Å²) in [6.07, 6.45) is 19.4. The molecule has 6 saturated carbocycles. The molecule has 15 rings (SSSR count). The van der Waals surface area contributed by atoms with Gasteiger partial charge in [0.15, 0.2) is 17.1 Å². The highest BCUT2D eigenvalue weighted by molar-refractivity contribution is 6.30. The largest absolute Gasteiger partial charge is 0.502 e. The van der Waals surface area contributed by atoms with Gasteiger partial charge in [0, 0.05) is 17.3 Å². The van der Waals surface area contributed by atoms with Crippen molar-refractivity contribution < 1.29 is 86.8 Å². The van der Waals surface area contributed by atoms with Gasteiger partial charge >= 0.3 is 22.7 Å². The van der Waals surface area contributed by atoms with Gasteiger partial charge in [-0.15, -0.1) is 45.0 Å². The predicted molar refractivity (Wildman–Crippen MR) is 441 cm³/mol. The molecule has 6 aliphatic rings. The van der Waals surface area contributed by atoms with E-state index in [1.165, 1.54) is 34.9 Å². The van der Waals surface area contributed by atoms with Gasteiger partial charge in [-0.25, -0.2) is 0 Å². The fourth-order valence-electron chi connectivity index (χ4n) is 10.4. The fraction of sp³-hybridized carbons (Fsp3) is 0.366. The van der Waals surface area contributed by atoms with Gasteiger partial charge in [0.25, 0.3) is 11.4 Å². The molecule has 9 aromatic rings. The van der Waals surface area contributed by atoms with Gasteiger partial charge in [0.05, 0.1) is 87.0 Å². The highest BCUT2D eigenvalue weighted by atomic mass is 35.5. The smallest absolute Gasteiger partial charge is 0.353 e. The maximum atomic E-state index is 14.2. The molecule has 2 aromatic heterocycles. The number of aryl methyl sites for hydroxylation is 1. The molecule has 0 amide bonds. The van der Waals surface area contributed by atoms with E-state index in [-0.39, 0.29) is 101 Å². The summed E-state index contributed by atoms with van der Waals surface area (Å²) in [7, 11) is 0. The molecule has 7 aromatic carbocycles. The van der Waals surface area contributed by atoms with Gasteiger partial charge in [0.1, 0.15) is 53.4 Å². The van der Waals surface area contributed by atoms with Crippen molar-refractivity contribution >= 4 is 74.8 Å². The zero-order valence-corrected chi connectivity index (χ0v) is 67.5.